The van der Waals surface area contributed by atoms with E-state index in [0.29, 0.717) is 28.3 Å². The maximum absolute atomic E-state index is 12.5. The number of benzene rings is 2. The summed E-state index contributed by atoms with van der Waals surface area (Å²) in [4.78, 5) is 24.5. The van der Waals surface area contributed by atoms with Crippen LogP contribution in [0.3, 0.4) is 0 Å². The molecule has 184 valence electrons. The number of aromatic hydroxyl groups is 1. The Morgan fingerprint density at radius 1 is 1.05 bits per heavy atom. The first-order valence-corrected chi connectivity index (χ1v) is 10.9. The van der Waals surface area contributed by atoms with E-state index in [4.69, 9.17) is 22.5 Å². The van der Waals surface area contributed by atoms with Gasteiger partial charge >= 0.3 is 0 Å². The maximum Gasteiger partial charge on any atom is 0.259 e. The molecule has 3 aromatic heterocycles. The largest absolute Gasteiger partial charge is 0.505 e. The van der Waals surface area contributed by atoms with E-state index in [2.05, 4.69) is 25.4 Å². The van der Waals surface area contributed by atoms with Gasteiger partial charge in [-0.25, -0.2) is 9.97 Å². The summed E-state index contributed by atoms with van der Waals surface area (Å²) in [6.07, 6.45) is 6.14. The molecule has 1 amide bonds. The molecule has 0 unspecified atom stereocenters. The summed E-state index contributed by atoms with van der Waals surface area (Å²) >= 11 is 0. The van der Waals surface area contributed by atoms with Crippen LogP contribution in [-0.4, -0.2) is 35.7 Å². The summed E-state index contributed by atoms with van der Waals surface area (Å²) in [6, 6.07) is 15.9. The van der Waals surface area contributed by atoms with Crippen molar-refractivity contribution >= 4 is 33.9 Å². The Labute approximate surface area is 211 Å². The van der Waals surface area contributed by atoms with Crippen molar-refractivity contribution < 1.29 is 9.90 Å². The van der Waals surface area contributed by atoms with Gasteiger partial charge < -0.3 is 27.6 Å². The summed E-state index contributed by atoms with van der Waals surface area (Å²) < 4.78 is 1.32. The number of phenols is 1. The smallest absolute Gasteiger partial charge is 0.259 e. The lowest BCUT2D eigenvalue weighted by molar-refractivity contribution is 0.102. The first kappa shape index (κ1) is 24.6. The molecular weight excluding hydrogens is 472 g/mol. The zero-order valence-corrected chi connectivity index (χ0v) is 19.4. The zero-order valence-electron chi connectivity index (χ0n) is 19.4. The third kappa shape index (κ3) is 5.11. The zero-order chi connectivity index (χ0) is 26.4. The highest BCUT2D eigenvalue weighted by Crippen LogP contribution is 2.34. The quantitative estimate of drug-likeness (QED) is 0.182. The van der Waals surface area contributed by atoms with Gasteiger partial charge in [-0.15, -0.1) is 0 Å². The molecule has 5 aromatic rings. The van der Waals surface area contributed by atoms with Crippen LogP contribution in [-0.2, 0) is 6.54 Å². The molecule has 12 nitrogen and oxygen atoms in total. The lowest BCUT2D eigenvalue weighted by Crippen LogP contribution is -2.15. The molecule has 2 aromatic carbocycles. The summed E-state index contributed by atoms with van der Waals surface area (Å²) in [5, 5.41) is 27.0. The van der Waals surface area contributed by atoms with Crippen molar-refractivity contribution in [2.75, 3.05) is 16.8 Å². The fourth-order valence-corrected chi connectivity index (χ4v) is 3.45. The van der Waals surface area contributed by atoms with Crippen LogP contribution in [0.4, 0.5) is 17.2 Å². The van der Waals surface area contributed by atoms with Crippen LogP contribution in [0.15, 0.2) is 73.3 Å². The van der Waals surface area contributed by atoms with Gasteiger partial charge in [0.15, 0.2) is 5.75 Å². The number of nitrogens with zero attached hydrogens (tertiary/aromatic N) is 6. The number of amides is 1. The Morgan fingerprint density at radius 3 is 2.49 bits per heavy atom. The summed E-state index contributed by atoms with van der Waals surface area (Å²) in [5.41, 5.74) is 18.9. The highest BCUT2D eigenvalue weighted by molar-refractivity contribution is 6.12. The number of carbonyl (C=O) groups excluding carboxylic acids is 1. The number of fused-ring (bicyclic) bond motifs is 1. The van der Waals surface area contributed by atoms with E-state index in [1.165, 1.54) is 10.9 Å². The van der Waals surface area contributed by atoms with Gasteiger partial charge in [-0.1, -0.05) is 24.3 Å². The molecule has 37 heavy (non-hydrogen) atoms. The molecule has 0 aliphatic carbocycles. The Morgan fingerprint density at radius 2 is 1.78 bits per heavy atom. The van der Waals surface area contributed by atoms with Crippen molar-refractivity contribution in [3.05, 3.63) is 90.1 Å². The molecule has 0 bridgehead atoms. The van der Waals surface area contributed by atoms with Gasteiger partial charge in [-0.3, -0.25) is 9.78 Å². The van der Waals surface area contributed by atoms with E-state index in [9.17, 15) is 9.90 Å². The average molecular weight is 495 g/mol. The van der Waals surface area contributed by atoms with E-state index in [0.717, 1.165) is 5.39 Å². The van der Waals surface area contributed by atoms with Crippen LogP contribution < -0.4 is 22.5 Å². The van der Waals surface area contributed by atoms with E-state index >= 15 is 0 Å². The second-order valence-corrected chi connectivity index (χ2v) is 7.58. The predicted octanol–water partition coefficient (Wildman–Crippen LogP) is 2.35. The molecule has 3 heterocycles. The van der Waals surface area contributed by atoms with Gasteiger partial charge in [-0.2, -0.15) is 15.0 Å². The molecule has 0 radical (unpaired) electrons. The third-order valence-electron chi connectivity index (χ3n) is 5.31. The number of hydrogen-bond donors (Lipinski definition) is 5. The minimum absolute atomic E-state index is 0.105. The minimum Gasteiger partial charge on any atom is -0.505 e. The summed E-state index contributed by atoms with van der Waals surface area (Å²) in [7, 11) is 0. The Kier molecular flexibility index (Phi) is 7.18. The van der Waals surface area contributed by atoms with Gasteiger partial charge in [0.05, 0.1) is 28.8 Å². The number of anilines is 3. The molecule has 12 heteroatoms. The van der Waals surface area contributed by atoms with Crippen LogP contribution in [0.5, 0.6) is 5.75 Å². The molecule has 5 rings (SSSR count). The molecule has 0 fully saturated rings. The van der Waals surface area contributed by atoms with Crippen molar-refractivity contribution in [1.29, 1.82) is 5.26 Å². The minimum atomic E-state index is -0.470. The number of nitrogens with one attached hydrogen (secondary N) is 1. The Bertz CT molecular complexity index is 1610. The van der Waals surface area contributed by atoms with Gasteiger partial charge in [0.1, 0.15) is 17.5 Å². The molecule has 0 aliphatic rings. The van der Waals surface area contributed by atoms with E-state index < -0.39 is 5.91 Å². The van der Waals surface area contributed by atoms with E-state index in [1.807, 2.05) is 24.3 Å². The van der Waals surface area contributed by atoms with Crippen molar-refractivity contribution in [1.82, 2.24) is 24.7 Å². The van der Waals surface area contributed by atoms with Crippen LogP contribution in [0, 0.1) is 11.3 Å². The first-order valence-electron chi connectivity index (χ1n) is 10.9. The number of rotatable bonds is 4. The SMILES string of the molecule is N#Cc1cnn(-c2ncccn2)c1N.NCc1ncccc1NC(=O)c1cc2ccccc2c(N)c1O. The molecular formula is C25H22N10O2. The molecule has 0 saturated heterocycles. The van der Waals surface area contributed by atoms with Gasteiger partial charge in [0.25, 0.3) is 11.9 Å². The number of carbonyl (C=O) groups is 1. The number of nitrogens with two attached hydrogens (primary N) is 3. The molecule has 0 saturated carbocycles. The van der Waals surface area contributed by atoms with Gasteiger partial charge in [-0.05, 0) is 29.7 Å². The number of nitriles is 1. The highest BCUT2D eigenvalue weighted by atomic mass is 16.3. The van der Waals surface area contributed by atoms with Crippen LogP contribution >= 0.6 is 0 Å². The Hall–Kier alpha value is -5.54. The second kappa shape index (κ2) is 10.8. The summed E-state index contributed by atoms with van der Waals surface area (Å²) in [6.45, 7) is 0.197. The van der Waals surface area contributed by atoms with Crippen LogP contribution in [0.1, 0.15) is 21.6 Å². The number of nitrogen functional groups attached to an aromatic ring is 2. The van der Waals surface area contributed by atoms with Crippen molar-refractivity contribution in [3.8, 4) is 17.8 Å². The molecule has 0 spiro atoms. The van der Waals surface area contributed by atoms with Crippen LogP contribution in [0.2, 0.25) is 0 Å². The van der Waals surface area contributed by atoms with Crippen LogP contribution in [0.25, 0.3) is 16.7 Å². The van der Waals surface area contributed by atoms with Crippen molar-refractivity contribution in [2.24, 2.45) is 5.73 Å². The topological polar surface area (TPSA) is 208 Å². The Balaban J connectivity index is 0.000000195. The third-order valence-corrected chi connectivity index (χ3v) is 5.31. The second-order valence-electron chi connectivity index (χ2n) is 7.58. The lowest BCUT2D eigenvalue weighted by atomic mass is 10.0. The van der Waals surface area contributed by atoms with Gasteiger partial charge in [0, 0.05) is 30.5 Å². The standard InChI is InChI=1S/C17H16N4O2.C8H6N6/c18-9-14-13(6-3-7-20-14)21-17(23)12-8-10-4-1-2-5-11(10)15(19)16(12)22;9-4-6-5-13-14(7(6)10)8-11-2-1-3-12-8/h1-8,22H,9,18-19H2,(H,21,23);1-3,5H,10H2. The average Bonchev–Trinajstić information content (AvgIpc) is 3.32. The monoisotopic (exact) mass is 494 g/mol. The van der Waals surface area contributed by atoms with Gasteiger partial charge in [0.2, 0.25) is 0 Å². The maximum atomic E-state index is 12.5. The molecule has 0 atom stereocenters. The molecule has 8 N–H and O–H groups in total. The number of hydrogen-bond acceptors (Lipinski definition) is 10. The number of phenolic OH excluding ortho intramolecular Hbond substituents is 1. The fraction of sp³-hybridized carbons (Fsp3) is 0.0400. The normalized spacial score (nSPS) is 10.3. The highest BCUT2D eigenvalue weighted by Gasteiger charge is 2.17. The molecule has 0 aliphatic heterocycles. The number of pyridine rings is 1. The first-order chi connectivity index (χ1) is 17.9. The predicted molar refractivity (Wildman–Crippen MR) is 138 cm³/mol. The van der Waals surface area contributed by atoms with Crippen molar-refractivity contribution in [2.45, 2.75) is 6.54 Å². The fourth-order valence-electron chi connectivity index (χ4n) is 3.45. The lowest BCUT2D eigenvalue weighted by Gasteiger charge is -2.12. The van der Waals surface area contributed by atoms with E-state index in [-0.39, 0.29) is 29.4 Å². The van der Waals surface area contributed by atoms with Crippen molar-refractivity contribution in [3.63, 3.8) is 0 Å². The van der Waals surface area contributed by atoms with E-state index in [1.54, 1.807) is 48.9 Å². The number of aromatic nitrogens is 5. The summed E-state index contributed by atoms with van der Waals surface area (Å²) in [5.74, 6) is -0.104.